The topological polar surface area (TPSA) is 56.5 Å². The van der Waals surface area contributed by atoms with Crippen molar-refractivity contribution in [3.8, 4) is 11.3 Å². The van der Waals surface area contributed by atoms with Crippen LogP contribution < -0.4 is 0 Å². The Morgan fingerprint density at radius 1 is 0.962 bits per heavy atom. The molecule has 0 saturated carbocycles. The van der Waals surface area contributed by atoms with Gasteiger partial charge in [0.25, 0.3) is 0 Å². The number of ketones is 1. The molecular weight excluding hydrogens is 348 g/mol. The van der Waals surface area contributed by atoms with E-state index < -0.39 is 0 Å². The summed E-state index contributed by atoms with van der Waals surface area (Å²) in [5.74, 6) is 1.05. The van der Waals surface area contributed by atoms with E-state index in [0.717, 1.165) is 21.6 Å². The molecule has 0 atom stereocenters. The Labute approximate surface area is 153 Å². The molecule has 0 bridgehead atoms. The van der Waals surface area contributed by atoms with Gasteiger partial charge >= 0.3 is 5.97 Å². The van der Waals surface area contributed by atoms with Gasteiger partial charge in [0.05, 0.1) is 10.5 Å². The summed E-state index contributed by atoms with van der Waals surface area (Å²) in [6, 6.07) is 16.8. The molecule has 0 saturated heterocycles. The fraction of sp³-hybridized carbons (Fsp3) is 0.0476. The third kappa shape index (κ3) is 2.40. The van der Waals surface area contributed by atoms with Crippen molar-refractivity contribution in [2.24, 2.45) is 0 Å². The van der Waals surface area contributed by atoms with Crippen LogP contribution in [-0.2, 0) is 11.3 Å². The molecule has 5 heteroatoms. The van der Waals surface area contributed by atoms with Crippen LogP contribution in [0.3, 0.4) is 0 Å². The van der Waals surface area contributed by atoms with Crippen molar-refractivity contribution >= 4 is 29.6 Å². The van der Waals surface area contributed by atoms with Crippen molar-refractivity contribution in [1.29, 1.82) is 0 Å². The minimum absolute atomic E-state index is 0.0248. The lowest BCUT2D eigenvalue weighted by atomic mass is 10.0. The van der Waals surface area contributed by atoms with Gasteiger partial charge < -0.3 is 9.15 Å². The Hall–Kier alpha value is -3.05. The van der Waals surface area contributed by atoms with Crippen molar-refractivity contribution < 1.29 is 18.7 Å². The van der Waals surface area contributed by atoms with Crippen LogP contribution in [0.2, 0.25) is 0 Å². The van der Waals surface area contributed by atoms with E-state index in [1.54, 1.807) is 12.1 Å². The zero-order valence-corrected chi connectivity index (χ0v) is 14.3. The average Bonchev–Trinajstić information content (AvgIpc) is 3.35. The Morgan fingerprint density at radius 2 is 1.85 bits per heavy atom. The standard InChI is InChI=1S/C21H12O4S/c22-20-16-3-1-2-4-18(16)26-19(20)10-14-6-8-17(25-14)12-5-7-15-13(9-12)11-24-21(15)23/h1-10H,11H2/b19-10-. The maximum Gasteiger partial charge on any atom is 0.338 e. The van der Waals surface area contributed by atoms with Crippen LogP contribution in [0.5, 0.6) is 0 Å². The molecule has 3 aromatic rings. The fourth-order valence-electron chi connectivity index (χ4n) is 3.14. The first kappa shape index (κ1) is 15.2. The number of Topliss-reactive ketones (excluding diaryl/α,β-unsaturated/α-hetero) is 1. The molecule has 0 N–H and O–H groups in total. The zero-order valence-electron chi connectivity index (χ0n) is 13.5. The maximum absolute atomic E-state index is 12.5. The van der Waals surface area contributed by atoms with Gasteiger partial charge in [-0.3, -0.25) is 4.79 Å². The highest BCUT2D eigenvalue weighted by atomic mass is 32.2. The molecule has 2 aliphatic rings. The van der Waals surface area contributed by atoms with Crippen LogP contribution in [0.25, 0.3) is 17.4 Å². The lowest BCUT2D eigenvalue weighted by Crippen LogP contribution is -1.93. The van der Waals surface area contributed by atoms with Crippen LogP contribution in [0.15, 0.2) is 68.8 Å². The predicted molar refractivity (Wildman–Crippen MR) is 97.9 cm³/mol. The molecule has 0 amide bonds. The number of esters is 1. The molecule has 26 heavy (non-hydrogen) atoms. The Morgan fingerprint density at radius 3 is 2.73 bits per heavy atom. The molecular formula is C21H12O4S. The van der Waals surface area contributed by atoms with Gasteiger partial charge in [-0.15, -0.1) is 0 Å². The van der Waals surface area contributed by atoms with Crippen LogP contribution >= 0.6 is 11.8 Å². The summed E-state index contributed by atoms with van der Waals surface area (Å²) < 4.78 is 10.9. The molecule has 4 nitrogen and oxygen atoms in total. The SMILES string of the molecule is O=C1OCc2cc(-c3ccc(/C=C4\Sc5ccccc5C4=O)o3)ccc21. The number of ether oxygens (including phenoxy) is 1. The molecule has 0 spiro atoms. The highest BCUT2D eigenvalue weighted by molar-refractivity contribution is 8.04. The number of fused-ring (bicyclic) bond motifs is 2. The van der Waals surface area contributed by atoms with E-state index in [2.05, 4.69) is 0 Å². The van der Waals surface area contributed by atoms with Gasteiger partial charge in [-0.1, -0.05) is 30.0 Å². The van der Waals surface area contributed by atoms with Gasteiger partial charge in [0, 0.05) is 21.6 Å². The molecule has 0 aliphatic carbocycles. The molecule has 0 radical (unpaired) electrons. The quantitative estimate of drug-likeness (QED) is 0.478. The van der Waals surface area contributed by atoms with Gasteiger partial charge in [-0.2, -0.15) is 0 Å². The van der Waals surface area contributed by atoms with Gasteiger partial charge in [-0.25, -0.2) is 4.79 Å². The minimum atomic E-state index is -0.284. The second-order valence-corrected chi connectivity index (χ2v) is 7.17. The van der Waals surface area contributed by atoms with Gasteiger partial charge in [0.2, 0.25) is 5.78 Å². The number of hydrogen-bond acceptors (Lipinski definition) is 5. The van der Waals surface area contributed by atoms with Crippen molar-refractivity contribution in [2.45, 2.75) is 11.5 Å². The molecule has 2 aliphatic heterocycles. The summed E-state index contributed by atoms with van der Waals surface area (Å²) in [6.45, 7) is 0.295. The van der Waals surface area contributed by atoms with Crippen molar-refractivity contribution in [3.05, 3.63) is 82.0 Å². The number of furan rings is 1. The number of benzene rings is 2. The third-order valence-corrected chi connectivity index (χ3v) is 5.54. The summed E-state index contributed by atoms with van der Waals surface area (Å²) in [5, 5.41) is 0. The number of carbonyl (C=O) groups excluding carboxylic acids is 2. The molecule has 2 aromatic carbocycles. The Kier molecular flexibility index (Phi) is 3.36. The largest absolute Gasteiger partial charge is 0.457 e. The zero-order chi connectivity index (χ0) is 17.7. The number of allylic oxidation sites excluding steroid dienone is 1. The van der Waals surface area contributed by atoms with E-state index in [1.165, 1.54) is 11.8 Å². The van der Waals surface area contributed by atoms with E-state index in [-0.39, 0.29) is 11.8 Å². The number of hydrogen-bond donors (Lipinski definition) is 0. The first-order chi connectivity index (χ1) is 12.7. The summed E-state index contributed by atoms with van der Waals surface area (Å²) >= 11 is 1.46. The average molecular weight is 360 g/mol. The lowest BCUT2D eigenvalue weighted by Gasteiger charge is -1.99. The molecule has 1 aromatic heterocycles. The summed E-state index contributed by atoms with van der Waals surface area (Å²) in [4.78, 5) is 25.6. The number of thioether (sulfide) groups is 1. The van der Waals surface area contributed by atoms with E-state index in [0.29, 0.717) is 28.6 Å². The Bertz CT molecular complexity index is 1110. The molecule has 5 rings (SSSR count). The number of carbonyl (C=O) groups is 2. The van der Waals surface area contributed by atoms with Crippen molar-refractivity contribution in [1.82, 2.24) is 0 Å². The maximum atomic E-state index is 12.5. The van der Waals surface area contributed by atoms with E-state index in [1.807, 2.05) is 48.5 Å². The van der Waals surface area contributed by atoms with Gasteiger partial charge in [-0.05, 0) is 42.5 Å². The van der Waals surface area contributed by atoms with Crippen molar-refractivity contribution in [3.63, 3.8) is 0 Å². The second kappa shape index (κ2) is 5.75. The predicted octanol–water partition coefficient (Wildman–Crippen LogP) is 4.95. The summed E-state index contributed by atoms with van der Waals surface area (Å²) in [6.07, 6.45) is 1.77. The van der Waals surface area contributed by atoms with Crippen molar-refractivity contribution in [2.75, 3.05) is 0 Å². The first-order valence-corrected chi connectivity index (χ1v) is 8.94. The summed E-state index contributed by atoms with van der Waals surface area (Å²) in [5.41, 5.74) is 3.08. The second-order valence-electron chi connectivity index (χ2n) is 6.09. The normalized spacial score (nSPS) is 16.7. The van der Waals surface area contributed by atoms with Crippen LogP contribution in [-0.4, -0.2) is 11.8 Å². The molecule has 0 unspecified atom stereocenters. The molecule has 0 fully saturated rings. The highest BCUT2D eigenvalue weighted by Crippen LogP contribution is 2.41. The molecule has 3 heterocycles. The highest BCUT2D eigenvalue weighted by Gasteiger charge is 2.26. The molecule has 126 valence electrons. The van der Waals surface area contributed by atoms with Gasteiger partial charge in [0.15, 0.2) is 0 Å². The fourth-order valence-corrected chi connectivity index (χ4v) is 4.17. The smallest absolute Gasteiger partial charge is 0.338 e. The van der Waals surface area contributed by atoms with E-state index >= 15 is 0 Å². The van der Waals surface area contributed by atoms with E-state index in [4.69, 9.17) is 9.15 Å². The number of cyclic esters (lactones) is 1. The third-order valence-electron chi connectivity index (χ3n) is 4.44. The Balaban J connectivity index is 1.45. The minimum Gasteiger partial charge on any atom is -0.457 e. The van der Waals surface area contributed by atoms with Crippen LogP contribution in [0, 0.1) is 0 Å². The lowest BCUT2D eigenvalue weighted by molar-refractivity contribution is 0.0535. The van der Waals surface area contributed by atoms with Crippen LogP contribution in [0.4, 0.5) is 0 Å². The monoisotopic (exact) mass is 360 g/mol. The number of rotatable bonds is 2. The summed E-state index contributed by atoms with van der Waals surface area (Å²) in [7, 11) is 0. The van der Waals surface area contributed by atoms with Crippen LogP contribution in [0.1, 0.15) is 32.0 Å². The first-order valence-electron chi connectivity index (χ1n) is 8.12. The van der Waals surface area contributed by atoms with E-state index in [9.17, 15) is 9.59 Å². The van der Waals surface area contributed by atoms with Gasteiger partial charge in [0.1, 0.15) is 18.1 Å².